The van der Waals surface area contributed by atoms with Gasteiger partial charge in [-0.3, -0.25) is 9.59 Å². The van der Waals surface area contributed by atoms with Crippen LogP contribution in [-0.2, 0) is 24.4 Å². The van der Waals surface area contributed by atoms with Crippen molar-refractivity contribution in [2.45, 2.75) is 39.4 Å². The molecule has 0 bridgehead atoms. The first-order valence-corrected chi connectivity index (χ1v) is 8.61. The number of hydrogen-bond donors (Lipinski definition) is 0. The standard InChI is InChI=1S/C18H21N5O2/c1-12(2)17-20-19-15-10-21(7-8-23(15)17)16(24)11-22-9-13-5-3-4-6-14(13)18(22)25/h3-6,12H,7-11H2,1-2H3. The number of benzene rings is 1. The lowest BCUT2D eigenvalue weighted by Gasteiger charge is -2.29. The lowest BCUT2D eigenvalue weighted by atomic mass is 10.1. The molecule has 2 amide bonds. The molecular weight excluding hydrogens is 318 g/mol. The normalized spacial score (nSPS) is 16.4. The molecule has 2 aliphatic heterocycles. The maximum atomic E-state index is 12.7. The third-order valence-corrected chi connectivity index (χ3v) is 4.87. The van der Waals surface area contributed by atoms with Gasteiger partial charge in [0, 0.05) is 31.1 Å². The molecule has 1 aromatic carbocycles. The Morgan fingerprint density at radius 3 is 2.72 bits per heavy atom. The Morgan fingerprint density at radius 1 is 1.16 bits per heavy atom. The third-order valence-electron chi connectivity index (χ3n) is 4.87. The summed E-state index contributed by atoms with van der Waals surface area (Å²) < 4.78 is 2.10. The van der Waals surface area contributed by atoms with E-state index >= 15 is 0 Å². The van der Waals surface area contributed by atoms with Gasteiger partial charge < -0.3 is 14.4 Å². The van der Waals surface area contributed by atoms with Gasteiger partial charge in [0.15, 0.2) is 5.82 Å². The zero-order valence-electron chi connectivity index (χ0n) is 14.5. The lowest BCUT2D eigenvalue weighted by molar-refractivity contribution is -0.133. The van der Waals surface area contributed by atoms with Gasteiger partial charge in [-0.05, 0) is 11.6 Å². The zero-order chi connectivity index (χ0) is 17.6. The van der Waals surface area contributed by atoms with Gasteiger partial charge in [-0.2, -0.15) is 0 Å². The summed E-state index contributed by atoms with van der Waals surface area (Å²) in [4.78, 5) is 28.5. The van der Waals surface area contributed by atoms with Crippen LogP contribution in [0, 0.1) is 0 Å². The van der Waals surface area contributed by atoms with Crippen molar-refractivity contribution >= 4 is 11.8 Å². The van der Waals surface area contributed by atoms with Crippen LogP contribution in [0.5, 0.6) is 0 Å². The average molecular weight is 339 g/mol. The van der Waals surface area contributed by atoms with Crippen molar-refractivity contribution in [1.82, 2.24) is 24.6 Å². The maximum absolute atomic E-state index is 12.7. The van der Waals surface area contributed by atoms with Gasteiger partial charge in [0.2, 0.25) is 5.91 Å². The largest absolute Gasteiger partial charge is 0.332 e. The topological polar surface area (TPSA) is 71.3 Å². The highest BCUT2D eigenvalue weighted by Gasteiger charge is 2.31. The highest BCUT2D eigenvalue weighted by molar-refractivity contribution is 6.00. The monoisotopic (exact) mass is 339 g/mol. The van der Waals surface area contributed by atoms with Crippen LogP contribution in [0.1, 0.15) is 47.3 Å². The van der Waals surface area contributed by atoms with Crippen LogP contribution >= 0.6 is 0 Å². The van der Waals surface area contributed by atoms with Gasteiger partial charge in [0.25, 0.3) is 5.91 Å². The third kappa shape index (κ3) is 2.69. The summed E-state index contributed by atoms with van der Waals surface area (Å²) in [6.45, 7) is 6.57. The van der Waals surface area contributed by atoms with E-state index in [9.17, 15) is 9.59 Å². The van der Waals surface area contributed by atoms with E-state index in [-0.39, 0.29) is 18.4 Å². The molecule has 2 aromatic rings. The predicted octanol–water partition coefficient (Wildman–Crippen LogP) is 1.40. The van der Waals surface area contributed by atoms with Gasteiger partial charge >= 0.3 is 0 Å². The molecule has 0 fully saturated rings. The summed E-state index contributed by atoms with van der Waals surface area (Å²) in [7, 11) is 0. The maximum Gasteiger partial charge on any atom is 0.254 e. The zero-order valence-corrected chi connectivity index (χ0v) is 14.5. The molecule has 0 radical (unpaired) electrons. The molecule has 2 aliphatic rings. The Bertz CT molecular complexity index is 842. The van der Waals surface area contributed by atoms with E-state index in [0.29, 0.717) is 37.7 Å². The Morgan fingerprint density at radius 2 is 1.96 bits per heavy atom. The van der Waals surface area contributed by atoms with Crippen molar-refractivity contribution in [2.24, 2.45) is 0 Å². The lowest BCUT2D eigenvalue weighted by Crippen LogP contribution is -2.44. The van der Waals surface area contributed by atoms with Crippen LogP contribution in [0.4, 0.5) is 0 Å². The van der Waals surface area contributed by atoms with Crippen molar-refractivity contribution < 1.29 is 9.59 Å². The van der Waals surface area contributed by atoms with Gasteiger partial charge in [0.1, 0.15) is 12.4 Å². The molecule has 0 aliphatic carbocycles. The number of aromatic nitrogens is 3. The summed E-state index contributed by atoms with van der Waals surface area (Å²) in [5, 5.41) is 8.47. The molecule has 4 rings (SSSR count). The van der Waals surface area contributed by atoms with E-state index in [1.807, 2.05) is 24.3 Å². The molecule has 0 unspecified atom stereocenters. The quantitative estimate of drug-likeness (QED) is 0.847. The van der Waals surface area contributed by atoms with E-state index in [2.05, 4.69) is 28.6 Å². The minimum Gasteiger partial charge on any atom is -0.332 e. The van der Waals surface area contributed by atoms with E-state index in [1.54, 1.807) is 9.80 Å². The van der Waals surface area contributed by atoms with Crippen molar-refractivity contribution in [1.29, 1.82) is 0 Å². The molecule has 130 valence electrons. The summed E-state index contributed by atoms with van der Waals surface area (Å²) in [5.41, 5.74) is 1.69. The van der Waals surface area contributed by atoms with Crippen LogP contribution in [-0.4, -0.2) is 49.5 Å². The second kappa shape index (κ2) is 5.98. The SMILES string of the molecule is CC(C)c1nnc2n1CCN(C(=O)CN1Cc3ccccc3C1=O)C2. The summed E-state index contributed by atoms with van der Waals surface area (Å²) in [6, 6.07) is 7.53. The van der Waals surface area contributed by atoms with Crippen molar-refractivity contribution in [3.63, 3.8) is 0 Å². The Balaban J connectivity index is 1.44. The highest BCUT2D eigenvalue weighted by atomic mass is 16.2. The number of hydrogen-bond acceptors (Lipinski definition) is 4. The number of carbonyl (C=O) groups excluding carboxylic acids is 2. The predicted molar refractivity (Wildman–Crippen MR) is 90.7 cm³/mol. The van der Waals surface area contributed by atoms with Crippen LogP contribution < -0.4 is 0 Å². The molecule has 25 heavy (non-hydrogen) atoms. The average Bonchev–Trinajstić information content (AvgIpc) is 3.16. The number of amides is 2. The molecule has 7 heteroatoms. The number of rotatable bonds is 3. The fourth-order valence-corrected chi connectivity index (χ4v) is 3.53. The number of fused-ring (bicyclic) bond motifs is 2. The van der Waals surface area contributed by atoms with Gasteiger partial charge in [-0.15, -0.1) is 10.2 Å². The van der Waals surface area contributed by atoms with E-state index in [0.717, 1.165) is 17.2 Å². The van der Waals surface area contributed by atoms with Crippen LogP contribution in [0.15, 0.2) is 24.3 Å². The molecule has 1 aromatic heterocycles. The van der Waals surface area contributed by atoms with E-state index in [1.165, 1.54) is 0 Å². The van der Waals surface area contributed by atoms with Crippen LogP contribution in [0.25, 0.3) is 0 Å². The molecule has 0 N–H and O–H groups in total. The first kappa shape index (κ1) is 15.8. The van der Waals surface area contributed by atoms with Gasteiger partial charge in [0.05, 0.1) is 6.54 Å². The summed E-state index contributed by atoms with van der Waals surface area (Å²) in [6.07, 6.45) is 0. The van der Waals surface area contributed by atoms with Crippen molar-refractivity contribution in [3.8, 4) is 0 Å². The highest BCUT2D eigenvalue weighted by Crippen LogP contribution is 2.23. The number of carbonyl (C=O) groups is 2. The summed E-state index contributed by atoms with van der Waals surface area (Å²) >= 11 is 0. The van der Waals surface area contributed by atoms with E-state index < -0.39 is 0 Å². The van der Waals surface area contributed by atoms with Crippen LogP contribution in [0.3, 0.4) is 0 Å². The molecular formula is C18H21N5O2. The summed E-state index contributed by atoms with van der Waals surface area (Å²) in [5.74, 6) is 1.99. The van der Waals surface area contributed by atoms with Gasteiger partial charge in [-0.25, -0.2) is 0 Å². The minimum absolute atomic E-state index is 0.0403. The van der Waals surface area contributed by atoms with Crippen LogP contribution in [0.2, 0.25) is 0 Å². The molecule has 0 atom stereocenters. The molecule has 7 nitrogen and oxygen atoms in total. The molecule has 0 saturated heterocycles. The first-order valence-electron chi connectivity index (χ1n) is 8.61. The Kier molecular flexibility index (Phi) is 3.78. The first-order chi connectivity index (χ1) is 12.0. The fraction of sp³-hybridized carbons (Fsp3) is 0.444. The van der Waals surface area contributed by atoms with Gasteiger partial charge in [-0.1, -0.05) is 32.0 Å². The Hall–Kier alpha value is -2.70. The molecule has 0 spiro atoms. The molecule has 0 saturated carbocycles. The minimum atomic E-state index is -0.0637. The molecule has 3 heterocycles. The number of nitrogens with zero attached hydrogens (tertiary/aromatic N) is 5. The smallest absolute Gasteiger partial charge is 0.254 e. The van der Waals surface area contributed by atoms with Crippen molar-refractivity contribution in [2.75, 3.05) is 13.1 Å². The van der Waals surface area contributed by atoms with E-state index in [4.69, 9.17) is 0 Å². The Labute approximate surface area is 146 Å². The second-order valence-electron chi connectivity index (χ2n) is 6.91. The van der Waals surface area contributed by atoms with Crippen molar-refractivity contribution in [3.05, 3.63) is 47.0 Å². The second-order valence-corrected chi connectivity index (χ2v) is 6.91. The fourth-order valence-electron chi connectivity index (χ4n) is 3.53.